The first-order valence-corrected chi connectivity index (χ1v) is 7.89. The van der Waals surface area contributed by atoms with Crippen LogP contribution in [-0.4, -0.2) is 39.8 Å². The minimum absolute atomic E-state index is 0.519. The number of hydrogen-bond acceptors (Lipinski definition) is 6. The van der Waals surface area contributed by atoms with Crippen molar-refractivity contribution in [1.29, 1.82) is 0 Å². The first kappa shape index (κ1) is 14.3. The summed E-state index contributed by atoms with van der Waals surface area (Å²) in [6.45, 7) is 2.11. The molecule has 0 amide bonds. The summed E-state index contributed by atoms with van der Waals surface area (Å²) in [4.78, 5) is 10.5. The monoisotopic (exact) mass is 313 g/mol. The smallest absolute Gasteiger partial charge is 0.189 e. The van der Waals surface area contributed by atoms with E-state index in [0.29, 0.717) is 24.7 Å². The van der Waals surface area contributed by atoms with Crippen LogP contribution in [-0.2, 0) is 16.1 Å². The minimum atomic E-state index is -0.519. The Bertz CT molecular complexity index is 690. The molecule has 1 aromatic heterocycles. The first-order valence-electron chi connectivity index (χ1n) is 7.89. The highest BCUT2D eigenvalue weighted by Gasteiger charge is 2.38. The van der Waals surface area contributed by atoms with Crippen molar-refractivity contribution in [1.82, 2.24) is 20.5 Å². The van der Waals surface area contributed by atoms with Crippen LogP contribution in [0.15, 0.2) is 41.5 Å². The number of amidine groups is 1. The summed E-state index contributed by atoms with van der Waals surface area (Å²) in [6.07, 6.45) is 4.43. The maximum absolute atomic E-state index is 5.75. The molecule has 0 aliphatic carbocycles. The normalized spacial score (nSPS) is 24.3. The van der Waals surface area contributed by atoms with Gasteiger partial charge in [-0.15, -0.1) is 5.10 Å². The highest BCUT2D eigenvalue weighted by atomic mass is 16.7. The molecule has 2 aliphatic rings. The maximum Gasteiger partial charge on any atom is 0.189 e. The molecule has 7 nitrogen and oxygen atoms in total. The molecule has 120 valence electrons. The largest absolute Gasteiger partial charge is 0.381 e. The van der Waals surface area contributed by atoms with Crippen LogP contribution < -0.4 is 5.48 Å². The van der Waals surface area contributed by atoms with E-state index in [2.05, 4.69) is 27.9 Å². The van der Waals surface area contributed by atoms with Crippen molar-refractivity contribution in [3.05, 3.63) is 47.8 Å². The van der Waals surface area contributed by atoms with Gasteiger partial charge in [0.2, 0.25) is 0 Å². The number of aromatic nitrogens is 3. The molecule has 2 aliphatic heterocycles. The van der Waals surface area contributed by atoms with Gasteiger partial charge in [0.15, 0.2) is 11.6 Å². The van der Waals surface area contributed by atoms with Gasteiger partial charge in [-0.3, -0.25) is 0 Å². The van der Waals surface area contributed by atoms with Gasteiger partial charge in [-0.25, -0.2) is 20.0 Å². The summed E-state index contributed by atoms with van der Waals surface area (Å²) in [5, 5.41) is 8.38. The fourth-order valence-corrected chi connectivity index (χ4v) is 2.88. The summed E-state index contributed by atoms with van der Waals surface area (Å²) < 4.78 is 7.29. The number of benzene rings is 1. The van der Waals surface area contributed by atoms with Crippen molar-refractivity contribution < 1.29 is 9.57 Å². The predicted molar refractivity (Wildman–Crippen MR) is 83.7 cm³/mol. The minimum Gasteiger partial charge on any atom is -0.381 e. The third-order valence-corrected chi connectivity index (χ3v) is 4.12. The number of aliphatic imine (C=N–C) groups is 1. The van der Waals surface area contributed by atoms with Crippen LogP contribution in [0.5, 0.6) is 0 Å². The Morgan fingerprint density at radius 2 is 2.09 bits per heavy atom. The molecule has 1 spiro atoms. The van der Waals surface area contributed by atoms with Gasteiger partial charge in [0.1, 0.15) is 5.69 Å². The number of nitrogens with zero attached hydrogens (tertiary/aromatic N) is 4. The van der Waals surface area contributed by atoms with Gasteiger partial charge in [0.25, 0.3) is 0 Å². The van der Waals surface area contributed by atoms with Crippen molar-refractivity contribution in [2.45, 2.75) is 31.5 Å². The standard InChI is InChI=1S/C16H19N5O2/c1-2-5-13(6-3-1)11-21-12-14(18-20-21)15-17-16(23-19-15)7-4-9-22-10-8-16/h1-3,5-6,12H,4,7-11H2,(H,17,19). The van der Waals surface area contributed by atoms with Gasteiger partial charge in [-0.05, 0) is 12.0 Å². The molecule has 0 bridgehead atoms. The molecule has 23 heavy (non-hydrogen) atoms. The fraction of sp³-hybridized carbons (Fsp3) is 0.438. The number of nitrogens with one attached hydrogen (secondary N) is 1. The van der Waals surface area contributed by atoms with Crippen molar-refractivity contribution in [2.75, 3.05) is 13.2 Å². The van der Waals surface area contributed by atoms with E-state index in [9.17, 15) is 0 Å². The van der Waals surface area contributed by atoms with Crippen LogP contribution in [0, 0.1) is 0 Å². The van der Waals surface area contributed by atoms with E-state index in [4.69, 9.17) is 14.6 Å². The molecule has 1 unspecified atom stereocenters. The molecule has 3 heterocycles. The lowest BCUT2D eigenvalue weighted by atomic mass is 10.1. The zero-order valence-corrected chi connectivity index (χ0v) is 12.8. The lowest BCUT2D eigenvalue weighted by Crippen LogP contribution is -2.30. The van der Waals surface area contributed by atoms with E-state index in [1.54, 1.807) is 4.68 Å². The zero-order valence-electron chi connectivity index (χ0n) is 12.8. The van der Waals surface area contributed by atoms with Crippen LogP contribution in [0.25, 0.3) is 0 Å². The maximum atomic E-state index is 5.75. The number of hydroxylamine groups is 1. The van der Waals surface area contributed by atoms with Crippen LogP contribution in [0.1, 0.15) is 30.5 Å². The van der Waals surface area contributed by atoms with Crippen LogP contribution in [0.3, 0.4) is 0 Å². The summed E-state index contributed by atoms with van der Waals surface area (Å²) in [5.41, 5.74) is 4.27. The number of rotatable bonds is 3. The molecule has 7 heteroatoms. The van der Waals surface area contributed by atoms with Gasteiger partial charge < -0.3 is 4.74 Å². The Balaban J connectivity index is 1.50. The summed E-state index contributed by atoms with van der Waals surface area (Å²) >= 11 is 0. The van der Waals surface area contributed by atoms with Gasteiger partial charge in [-0.2, -0.15) is 0 Å². The second kappa shape index (κ2) is 6.10. The third-order valence-electron chi connectivity index (χ3n) is 4.12. The molecule has 1 N–H and O–H groups in total. The molecule has 2 aromatic rings. The average molecular weight is 313 g/mol. The fourth-order valence-electron chi connectivity index (χ4n) is 2.88. The van der Waals surface area contributed by atoms with Crippen molar-refractivity contribution in [2.24, 2.45) is 4.99 Å². The van der Waals surface area contributed by atoms with Crippen LogP contribution in [0.2, 0.25) is 0 Å². The van der Waals surface area contributed by atoms with Gasteiger partial charge in [-0.1, -0.05) is 35.5 Å². The predicted octanol–water partition coefficient (Wildman–Crippen LogP) is 1.50. The molecule has 0 radical (unpaired) electrons. The SMILES string of the molecule is c1ccc(Cn2cc(C3=NC4(CCCOCC4)ON3)nn2)cc1. The van der Waals surface area contributed by atoms with E-state index in [0.717, 1.165) is 25.9 Å². The molecule has 1 saturated heterocycles. The molecule has 1 fully saturated rings. The topological polar surface area (TPSA) is 73.6 Å². The molecule has 1 atom stereocenters. The Morgan fingerprint density at radius 3 is 3.00 bits per heavy atom. The summed E-state index contributed by atoms with van der Waals surface area (Å²) in [7, 11) is 0. The van der Waals surface area contributed by atoms with Crippen LogP contribution in [0.4, 0.5) is 0 Å². The van der Waals surface area contributed by atoms with Crippen molar-refractivity contribution in [3.63, 3.8) is 0 Å². The Hall–Kier alpha value is -2.25. The van der Waals surface area contributed by atoms with Gasteiger partial charge in [0, 0.05) is 19.4 Å². The number of ether oxygens (including phenoxy) is 1. The zero-order chi connectivity index (χ0) is 15.5. The second-order valence-corrected chi connectivity index (χ2v) is 5.86. The van der Waals surface area contributed by atoms with Crippen molar-refractivity contribution in [3.8, 4) is 0 Å². The third kappa shape index (κ3) is 3.11. The van der Waals surface area contributed by atoms with Crippen LogP contribution >= 0.6 is 0 Å². The molecular formula is C16H19N5O2. The average Bonchev–Trinajstić information content (AvgIpc) is 3.12. The summed E-state index contributed by atoms with van der Waals surface area (Å²) in [6, 6.07) is 10.2. The highest BCUT2D eigenvalue weighted by Crippen LogP contribution is 2.30. The van der Waals surface area contributed by atoms with E-state index >= 15 is 0 Å². The Kier molecular flexibility index (Phi) is 3.80. The molecule has 4 rings (SSSR count). The summed E-state index contributed by atoms with van der Waals surface area (Å²) in [5.74, 6) is 0.645. The lowest BCUT2D eigenvalue weighted by Gasteiger charge is -2.20. The lowest BCUT2D eigenvalue weighted by molar-refractivity contribution is -0.0655. The Labute approximate surface area is 134 Å². The quantitative estimate of drug-likeness (QED) is 0.929. The van der Waals surface area contributed by atoms with E-state index in [-0.39, 0.29) is 0 Å². The van der Waals surface area contributed by atoms with E-state index in [1.165, 1.54) is 5.56 Å². The first-order chi connectivity index (χ1) is 11.3. The Morgan fingerprint density at radius 1 is 1.17 bits per heavy atom. The van der Waals surface area contributed by atoms with E-state index < -0.39 is 5.72 Å². The van der Waals surface area contributed by atoms with E-state index in [1.807, 2.05) is 24.4 Å². The van der Waals surface area contributed by atoms with Gasteiger partial charge in [0.05, 0.1) is 19.3 Å². The van der Waals surface area contributed by atoms with Crippen molar-refractivity contribution >= 4 is 5.84 Å². The second-order valence-electron chi connectivity index (χ2n) is 5.86. The molecule has 0 saturated carbocycles. The highest BCUT2D eigenvalue weighted by molar-refractivity contribution is 5.97. The molecule has 1 aromatic carbocycles. The van der Waals surface area contributed by atoms with Gasteiger partial charge >= 0.3 is 0 Å². The molecular weight excluding hydrogens is 294 g/mol. The number of hydrogen-bond donors (Lipinski definition) is 1.